The fraction of sp³-hybridized carbons (Fsp3) is 0.0968. The topological polar surface area (TPSA) is 51.2 Å². The van der Waals surface area contributed by atoms with Gasteiger partial charge in [-0.05, 0) is 60.5 Å². The van der Waals surface area contributed by atoms with Crippen LogP contribution >= 0.6 is 0 Å². The molecule has 0 saturated carbocycles. The van der Waals surface area contributed by atoms with Gasteiger partial charge in [0, 0.05) is 10.9 Å². The number of nitrogens with zero attached hydrogens (tertiary/aromatic N) is 1. The fourth-order valence-corrected chi connectivity index (χ4v) is 4.30. The van der Waals surface area contributed by atoms with Crippen molar-refractivity contribution in [1.82, 2.24) is 10.3 Å². The zero-order chi connectivity index (χ0) is 24.2. The van der Waals surface area contributed by atoms with E-state index in [1.54, 1.807) is 7.11 Å². The maximum absolute atomic E-state index is 13.9. The number of hydrogen-bond donors (Lipinski definition) is 1. The van der Waals surface area contributed by atoms with Gasteiger partial charge < -0.3 is 10.1 Å². The third kappa shape index (κ3) is 4.78. The predicted octanol–water partition coefficient (Wildman–Crippen LogP) is 6.74. The Morgan fingerprint density at radius 1 is 0.800 bits per heavy atom. The van der Waals surface area contributed by atoms with Crippen LogP contribution in [-0.2, 0) is 0 Å². The van der Waals surface area contributed by atoms with Crippen LogP contribution in [0.25, 0.3) is 22.2 Å². The van der Waals surface area contributed by atoms with Gasteiger partial charge >= 0.3 is 0 Å². The van der Waals surface area contributed by atoms with E-state index in [0.29, 0.717) is 5.56 Å². The zero-order valence-corrected chi connectivity index (χ0v) is 19.7. The molecule has 0 radical (unpaired) electrons. The van der Waals surface area contributed by atoms with Crippen LogP contribution < -0.4 is 10.1 Å². The van der Waals surface area contributed by atoms with Crippen LogP contribution in [0.3, 0.4) is 0 Å². The lowest BCUT2D eigenvalue weighted by atomic mass is 9.97. The first-order valence-electron chi connectivity index (χ1n) is 11.6. The predicted molar refractivity (Wildman–Crippen MR) is 141 cm³/mol. The summed E-state index contributed by atoms with van der Waals surface area (Å²) in [6.45, 7) is 2.02. The summed E-state index contributed by atoms with van der Waals surface area (Å²) in [5.74, 6) is 0.632. The molecule has 4 heteroatoms. The van der Waals surface area contributed by atoms with E-state index < -0.39 is 0 Å². The molecule has 1 aromatic heterocycles. The molecule has 0 aliphatic carbocycles. The number of carbonyl (C=O) groups is 1. The number of amides is 1. The molecule has 5 aromatic rings. The molecule has 0 aliphatic rings. The third-order valence-corrected chi connectivity index (χ3v) is 6.14. The molecule has 4 nitrogen and oxygen atoms in total. The summed E-state index contributed by atoms with van der Waals surface area (Å²) >= 11 is 0. The standard InChI is InChI=1S/C31H26N2O2/c1-21-13-18-28-26(19-21)27(20-29(32-28)22-14-16-25(35-2)17-15-22)31(34)33-30(23-9-5-3-6-10-23)24-11-7-4-8-12-24/h3-20,30H,1-2H3,(H,33,34). The Bertz CT molecular complexity index is 1420. The van der Waals surface area contributed by atoms with E-state index in [-0.39, 0.29) is 11.9 Å². The molecular formula is C31H26N2O2. The largest absolute Gasteiger partial charge is 0.497 e. The van der Waals surface area contributed by atoms with E-state index in [1.165, 1.54) is 0 Å². The molecular weight excluding hydrogens is 432 g/mol. The van der Waals surface area contributed by atoms with Crippen molar-refractivity contribution in [2.75, 3.05) is 7.11 Å². The van der Waals surface area contributed by atoms with Gasteiger partial charge in [0.15, 0.2) is 0 Å². The smallest absolute Gasteiger partial charge is 0.252 e. The van der Waals surface area contributed by atoms with Crippen molar-refractivity contribution in [3.05, 3.63) is 131 Å². The highest BCUT2D eigenvalue weighted by molar-refractivity contribution is 6.07. The maximum atomic E-state index is 13.9. The maximum Gasteiger partial charge on any atom is 0.252 e. The number of aromatic nitrogens is 1. The normalized spacial score (nSPS) is 10.9. The van der Waals surface area contributed by atoms with Crippen LogP contribution in [0.1, 0.15) is 33.1 Å². The Kier molecular flexibility index (Phi) is 6.27. The number of methoxy groups -OCH3 is 1. The number of hydrogen-bond acceptors (Lipinski definition) is 3. The van der Waals surface area contributed by atoms with Crippen LogP contribution in [0.15, 0.2) is 109 Å². The molecule has 0 spiro atoms. The van der Waals surface area contributed by atoms with Crippen LogP contribution in [0.5, 0.6) is 5.75 Å². The van der Waals surface area contributed by atoms with Crippen LogP contribution in [-0.4, -0.2) is 18.0 Å². The van der Waals surface area contributed by atoms with Gasteiger partial charge in [-0.1, -0.05) is 72.3 Å². The summed E-state index contributed by atoms with van der Waals surface area (Å²) in [7, 11) is 1.64. The van der Waals surface area contributed by atoms with Gasteiger partial charge in [0.1, 0.15) is 5.75 Å². The van der Waals surface area contributed by atoms with E-state index in [2.05, 4.69) is 5.32 Å². The van der Waals surface area contributed by atoms with Crippen molar-refractivity contribution in [2.45, 2.75) is 13.0 Å². The summed E-state index contributed by atoms with van der Waals surface area (Å²) in [5.41, 5.74) is 6.17. The fourth-order valence-electron chi connectivity index (χ4n) is 4.30. The monoisotopic (exact) mass is 458 g/mol. The first-order chi connectivity index (χ1) is 17.1. The van der Waals surface area contributed by atoms with Gasteiger partial charge in [0.2, 0.25) is 0 Å². The molecule has 0 fully saturated rings. The van der Waals surface area contributed by atoms with Crippen LogP contribution in [0, 0.1) is 6.92 Å². The second-order valence-electron chi connectivity index (χ2n) is 8.53. The number of ether oxygens (including phenoxy) is 1. The highest BCUT2D eigenvalue weighted by Crippen LogP contribution is 2.29. The molecule has 0 aliphatic heterocycles. The van der Waals surface area contributed by atoms with Crippen molar-refractivity contribution in [3.8, 4) is 17.0 Å². The van der Waals surface area contributed by atoms with Crippen molar-refractivity contribution >= 4 is 16.8 Å². The molecule has 35 heavy (non-hydrogen) atoms. The molecule has 0 unspecified atom stereocenters. The van der Waals surface area contributed by atoms with Crippen molar-refractivity contribution in [1.29, 1.82) is 0 Å². The van der Waals surface area contributed by atoms with Gasteiger partial charge in [0.25, 0.3) is 5.91 Å². The lowest BCUT2D eigenvalue weighted by molar-refractivity contribution is 0.0944. The number of carbonyl (C=O) groups excluding carboxylic acids is 1. The second-order valence-corrected chi connectivity index (χ2v) is 8.53. The summed E-state index contributed by atoms with van der Waals surface area (Å²) in [5, 5.41) is 4.12. The van der Waals surface area contributed by atoms with Gasteiger partial charge in [-0.3, -0.25) is 4.79 Å². The quantitative estimate of drug-likeness (QED) is 0.307. The number of aryl methyl sites for hydroxylation is 1. The highest BCUT2D eigenvalue weighted by atomic mass is 16.5. The van der Waals surface area contributed by atoms with Crippen molar-refractivity contribution < 1.29 is 9.53 Å². The van der Waals surface area contributed by atoms with Gasteiger partial charge in [-0.2, -0.15) is 0 Å². The van der Waals surface area contributed by atoms with Crippen molar-refractivity contribution in [3.63, 3.8) is 0 Å². The van der Waals surface area contributed by atoms with E-state index in [4.69, 9.17) is 9.72 Å². The lowest BCUT2D eigenvalue weighted by Crippen LogP contribution is -2.29. The Morgan fingerprint density at radius 3 is 2.03 bits per heavy atom. The number of nitrogens with one attached hydrogen (secondary N) is 1. The molecule has 5 rings (SSSR count). The van der Waals surface area contributed by atoms with E-state index in [9.17, 15) is 4.79 Å². The summed E-state index contributed by atoms with van der Waals surface area (Å²) in [4.78, 5) is 18.7. The minimum Gasteiger partial charge on any atom is -0.497 e. The molecule has 1 amide bonds. The van der Waals surface area contributed by atoms with Crippen LogP contribution in [0.2, 0.25) is 0 Å². The Morgan fingerprint density at radius 2 is 1.43 bits per heavy atom. The summed E-state index contributed by atoms with van der Waals surface area (Å²) in [6.07, 6.45) is 0. The van der Waals surface area contributed by atoms with E-state index in [0.717, 1.165) is 44.6 Å². The third-order valence-electron chi connectivity index (χ3n) is 6.14. The van der Waals surface area contributed by atoms with E-state index >= 15 is 0 Å². The molecule has 1 heterocycles. The summed E-state index contributed by atoms with van der Waals surface area (Å²) < 4.78 is 5.29. The molecule has 0 saturated heterocycles. The SMILES string of the molecule is COc1ccc(-c2cc(C(=O)NC(c3ccccc3)c3ccccc3)c3cc(C)ccc3n2)cc1. The number of rotatable bonds is 6. The first kappa shape index (κ1) is 22.4. The number of pyridine rings is 1. The molecule has 0 atom stereocenters. The highest BCUT2D eigenvalue weighted by Gasteiger charge is 2.20. The summed E-state index contributed by atoms with van der Waals surface area (Å²) in [6, 6.07) is 35.4. The molecule has 0 bridgehead atoms. The Balaban J connectivity index is 1.60. The zero-order valence-electron chi connectivity index (χ0n) is 19.7. The average molecular weight is 459 g/mol. The van der Waals surface area contributed by atoms with Crippen molar-refractivity contribution in [2.24, 2.45) is 0 Å². The molecule has 1 N–H and O–H groups in total. The Labute approximate surface area is 205 Å². The van der Waals surface area contributed by atoms with Gasteiger partial charge in [-0.15, -0.1) is 0 Å². The Hall–Kier alpha value is -4.44. The second kappa shape index (κ2) is 9.82. The number of benzene rings is 4. The average Bonchev–Trinajstić information content (AvgIpc) is 2.92. The van der Waals surface area contributed by atoms with E-state index in [1.807, 2.05) is 116 Å². The minimum atomic E-state index is -0.276. The van der Waals surface area contributed by atoms with Crippen LogP contribution in [0.4, 0.5) is 0 Å². The molecule has 172 valence electrons. The minimum absolute atomic E-state index is 0.143. The molecule has 4 aromatic carbocycles. The lowest BCUT2D eigenvalue weighted by Gasteiger charge is -2.21. The van der Waals surface area contributed by atoms with Gasteiger partial charge in [-0.25, -0.2) is 4.98 Å². The van der Waals surface area contributed by atoms with Gasteiger partial charge in [0.05, 0.1) is 29.9 Å². The number of fused-ring (bicyclic) bond motifs is 1. The first-order valence-corrected chi connectivity index (χ1v) is 11.6.